The van der Waals surface area contributed by atoms with E-state index in [1.54, 1.807) is 0 Å². The van der Waals surface area contributed by atoms with Crippen LogP contribution in [0.25, 0.3) is 11.1 Å². The van der Waals surface area contributed by atoms with Gasteiger partial charge in [0.2, 0.25) is 5.91 Å². The van der Waals surface area contributed by atoms with Gasteiger partial charge in [0.15, 0.2) is 35.1 Å². The van der Waals surface area contributed by atoms with Crippen LogP contribution in [0.5, 0.6) is 0 Å². The molecule has 31 heavy (non-hydrogen) atoms. The van der Waals surface area contributed by atoms with Gasteiger partial charge in [-0.25, -0.2) is 17.6 Å². The lowest BCUT2D eigenvalue weighted by Gasteiger charge is -2.25. The van der Waals surface area contributed by atoms with E-state index in [1.807, 2.05) is 5.32 Å². The third-order valence-electron chi connectivity index (χ3n) is 4.60. The molecule has 0 aliphatic rings. The molecule has 2 amide bonds. The van der Waals surface area contributed by atoms with E-state index in [0.29, 0.717) is 0 Å². The van der Waals surface area contributed by atoms with Gasteiger partial charge in [0, 0.05) is 26.7 Å². The van der Waals surface area contributed by atoms with Crippen molar-refractivity contribution in [1.82, 2.24) is 10.2 Å². The molecule has 0 radical (unpaired) electrons. The predicted octanol–water partition coefficient (Wildman–Crippen LogP) is 1.70. The topological polar surface area (TPSA) is 98.7 Å². The lowest BCUT2D eigenvalue weighted by Crippen LogP contribution is -2.52. The van der Waals surface area contributed by atoms with Crippen LogP contribution >= 0.6 is 0 Å². The van der Waals surface area contributed by atoms with Crippen LogP contribution in [0, 0.1) is 23.3 Å². The summed E-state index contributed by atoms with van der Waals surface area (Å²) in [5.41, 5.74) is -2.25. The second-order valence-corrected chi connectivity index (χ2v) is 6.39. The van der Waals surface area contributed by atoms with Crippen molar-refractivity contribution >= 4 is 23.3 Å². The normalized spacial score (nSPS) is 11.6. The second-order valence-electron chi connectivity index (χ2n) is 6.39. The van der Waals surface area contributed by atoms with Crippen LogP contribution in [-0.4, -0.2) is 61.4 Å². The lowest BCUT2D eigenvalue weighted by atomic mass is 10.0. The fourth-order valence-corrected chi connectivity index (χ4v) is 2.97. The largest absolute Gasteiger partial charge is 0.388 e. The Balaban J connectivity index is 2.43. The van der Waals surface area contributed by atoms with Crippen molar-refractivity contribution in [3.63, 3.8) is 0 Å². The quantitative estimate of drug-likeness (QED) is 0.345. The second kappa shape index (κ2) is 9.56. The summed E-state index contributed by atoms with van der Waals surface area (Å²) in [7, 11) is 3.50. The van der Waals surface area contributed by atoms with Gasteiger partial charge in [-0.1, -0.05) is 12.1 Å². The summed E-state index contributed by atoms with van der Waals surface area (Å²) in [6, 6.07) is 2.74. The van der Waals surface area contributed by atoms with Crippen molar-refractivity contribution in [2.45, 2.75) is 6.04 Å². The van der Waals surface area contributed by atoms with Gasteiger partial charge in [-0.2, -0.15) is 0 Å². The molecule has 0 bridgehead atoms. The number of aliphatic hydroxyl groups excluding tert-OH is 1. The molecule has 0 aliphatic heterocycles. The number of carbonyl (C=O) groups excluding carboxylic acids is 3. The number of likely N-dealkylation sites (N-methyl/N-ethyl adjacent to an activating group) is 2. The van der Waals surface area contributed by atoms with Gasteiger partial charge in [0.05, 0.1) is 5.56 Å². The van der Waals surface area contributed by atoms with Crippen LogP contribution in [0.15, 0.2) is 24.3 Å². The van der Waals surface area contributed by atoms with Crippen LogP contribution in [0.1, 0.15) is 10.4 Å². The molecule has 0 aliphatic carbocycles. The molecular weight excluding hydrogens is 422 g/mol. The summed E-state index contributed by atoms with van der Waals surface area (Å²) in [4.78, 5) is 37.2. The molecule has 3 N–H and O–H groups in total. The molecule has 2 aromatic rings. The maximum Gasteiger partial charge on any atom is 0.254 e. The molecule has 0 spiro atoms. The van der Waals surface area contributed by atoms with Crippen LogP contribution in [0.2, 0.25) is 0 Å². The van der Waals surface area contributed by atoms with E-state index in [2.05, 4.69) is 5.32 Å². The summed E-state index contributed by atoms with van der Waals surface area (Å²) in [6.07, 6.45) is 0. The zero-order valence-electron chi connectivity index (χ0n) is 16.7. The first kappa shape index (κ1) is 23.8. The van der Waals surface area contributed by atoms with Crippen molar-refractivity contribution in [3.8, 4) is 11.1 Å². The van der Waals surface area contributed by atoms with E-state index in [1.165, 1.54) is 7.05 Å². The number of nitrogens with zero attached hydrogens (tertiary/aromatic N) is 1. The molecule has 166 valence electrons. The lowest BCUT2D eigenvalue weighted by molar-refractivity contribution is -0.135. The van der Waals surface area contributed by atoms with Gasteiger partial charge < -0.3 is 20.6 Å². The Hall–Kier alpha value is -3.47. The van der Waals surface area contributed by atoms with Crippen LogP contribution in [0.3, 0.4) is 0 Å². The molecule has 0 saturated carbocycles. The fraction of sp³-hybridized carbons (Fsp3) is 0.250. The van der Waals surface area contributed by atoms with Gasteiger partial charge in [-0.05, 0) is 17.7 Å². The van der Waals surface area contributed by atoms with Gasteiger partial charge in [0.25, 0.3) is 5.91 Å². The molecule has 7 nitrogen and oxygen atoms in total. The number of carbonyl (C=O) groups is 3. The average Bonchev–Trinajstić information content (AvgIpc) is 2.78. The number of aliphatic hydroxyl groups is 1. The first-order chi connectivity index (χ1) is 14.6. The first-order valence-corrected chi connectivity index (χ1v) is 8.87. The number of rotatable bonds is 7. The van der Waals surface area contributed by atoms with Gasteiger partial charge >= 0.3 is 0 Å². The summed E-state index contributed by atoms with van der Waals surface area (Å²) in [5, 5.41) is 13.3. The molecule has 1 unspecified atom stereocenters. The van der Waals surface area contributed by atoms with Crippen LogP contribution in [-0.2, 0) is 9.59 Å². The highest BCUT2D eigenvalue weighted by Crippen LogP contribution is 2.34. The van der Waals surface area contributed by atoms with Gasteiger partial charge in [-0.15, -0.1) is 0 Å². The maximum absolute atomic E-state index is 14.3. The number of benzene rings is 2. The Labute approximate surface area is 174 Å². The summed E-state index contributed by atoms with van der Waals surface area (Å²) < 4.78 is 56.7. The van der Waals surface area contributed by atoms with Crippen LogP contribution < -0.4 is 10.6 Å². The zero-order chi connectivity index (χ0) is 23.5. The number of halogens is 4. The van der Waals surface area contributed by atoms with E-state index >= 15 is 0 Å². The molecule has 2 aromatic carbocycles. The molecule has 0 aromatic heterocycles. The number of ketones is 1. The van der Waals surface area contributed by atoms with Crippen molar-refractivity contribution in [2.24, 2.45) is 0 Å². The molecule has 0 heterocycles. The fourth-order valence-electron chi connectivity index (χ4n) is 2.97. The standard InChI is InChI=1S/C20H19F4N3O4/c1-25-17-15(23)13(21)12(14(22)16(17)24)9-4-6-10(7-5-9)20(31)27(3)18(11(29)8-28)19(30)26-2/h4-7,18,25,28H,8H2,1-3H3,(H,26,30). The Morgan fingerprint density at radius 3 is 1.90 bits per heavy atom. The number of anilines is 1. The molecule has 0 fully saturated rings. The van der Waals surface area contributed by atoms with E-state index in [-0.39, 0.29) is 11.1 Å². The minimum atomic E-state index is -1.62. The molecule has 11 heteroatoms. The highest BCUT2D eigenvalue weighted by molar-refractivity contribution is 6.10. The molecular formula is C20H19F4N3O4. The monoisotopic (exact) mass is 441 g/mol. The van der Waals surface area contributed by atoms with Gasteiger partial charge in [0.1, 0.15) is 12.3 Å². The highest BCUT2D eigenvalue weighted by Gasteiger charge is 2.33. The Kier molecular flexibility index (Phi) is 7.34. The van der Waals surface area contributed by atoms with Crippen molar-refractivity contribution in [1.29, 1.82) is 0 Å². The smallest absolute Gasteiger partial charge is 0.254 e. The number of hydrogen-bond donors (Lipinski definition) is 3. The summed E-state index contributed by atoms with van der Waals surface area (Å²) >= 11 is 0. The number of nitrogens with one attached hydrogen (secondary N) is 2. The minimum absolute atomic E-state index is 0.0838. The Morgan fingerprint density at radius 1 is 0.968 bits per heavy atom. The van der Waals surface area contributed by atoms with E-state index in [4.69, 9.17) is 5.11 Å². The SMILES string of the molecule is CNC(=O)C(C(=O)CO)N(C)C(=O)c1ccc(-c2c(F)c(F)c(NC)c(F)c2F)cc1. The summed E-state index contributed by atoms with van der Waals surface area (Å²) in [5.74, 6) is -9.01. The van der Waals surface area contributed by atoms with Crippen molar-refractivity contribution in [3.05, 3.63) is 53.1 Å². The van der Waals surface area contributed by atoms with E-state index in [9.17, 15) is 31.9 Å². The average molecular weight is 441 g/mol. The maximum atomic E-state index is 14.3. The van der Waals surface area contributed by atoms with Crippen molar-refractivity contribution < 1.29 is 37.1 Å². The van der Waals surface area contributed by atoms with E-state index < -0.39 is 64.8 Å². The zero-order valence-corrected chi connectivity index (χ0v) is 16.7. The Morgan fingerprint density at radius 2 is 1.48 bits per heavy atom. The molecule has 1 atom stereocenters. The third-order valence-corrected chi connectivity index (χ3v) is 4.60. The Bertz CT molecular complexity index is 983. The third kappa shape index (κ3) is 4.36. The summed E-state index contributed by atoms with van der Waals surface area (Å²) in [6.45, 7) is -0.979. The van der Waals surface area contributed by atoms with E-state index in [0.717, 1.165) is 43.3 Å². The van der Waals surface area contributed by atoms with Crippen molar-refractivity contribution in [2.75, 3.05) is 33.1 Å². The number of hydrogen-bond acceptors (Lipinski definition) is 5. The number of amides is 2. The molecule has 2 rings (SSSR count). The minimum Gasteiger partial charge on any atom is -0.388 e. The van der Waals surface area contributed by atoms with Gasteiger partial charge in [-0.3, -0.25) is 14.4 Å². The predicted molar refractivity (Wildman–Crippen MR) is 103 cm³/mol. The van der Waals surface area contributed by atoms with Crippen LogP contribution in [0.4, 0.5) is 23.2 Å². The number of Topliss-reactive ketones (excluding diaryl/α,β-unsaturated/α-hetero) is 1. The molecule has 0 saturated heterocycles. The first-order valence-electron chi connectivity index (χ1n) is 8.87. The highest BCUT2D eigenvalue weighted by atomic mass is 19.2.